The number of aliphatic hydroxyl groups excluding tert-OH is 1. The van der Waals surface area contributed by atoms with E-state index >= 15 is 0 Å². The van der Waals surface area contributed by atoms with Crippen molar-refractivity contribution in [3.8, 4) is 0 Å². The van der Waals surface area contributed by atoms with Crippen LogP contribution in [-0.4, -0.2) is 28.2 Å². The van der Waals surface area contributed by atoms with E-state index in [9.17, 15) is 9.90 Å². The third-order valence-electron chi connectivity index (χ3n) is 4.10. The third-order valence-corrected chi connectivity index (χ3v) is 4.10. The first-order valence-corrected chi connectivity index (χ1v) is 7.92. The number of aliphatic hydroxyl groups is 1. The molecule has 1 N–H and O–H groups in total. The molecule has 2 aromatic carbocycles. The zero-order valence-corrected chi connectivity index (χ0v) is 13.0. The predicted molar refractivity (Wildman–Crippen MR) is 87.3 cm³/mol. The number of ether oxygens (including phenoxy) is 1. The summed E-state index contributed by atoms with van der Waals surface area (Å²) in [5.74, 6) is -0.136. The Morgan fingerprint density at radius 3 is 2.22 bits per heavy atom. The molecule has 1 aliphatic rings. The topological polar surface area (TPSA) is 49.8 Å². The van der Waals surface area contributed by atoms with Crippen molar-refractivity contribution in [1.29, 1.82) is 0 Å². The lowest BCUT2D eigenvalue weighted by Crippen LogP contribution is -2.50. The van der Waals surface area contributed by atoms with Gasteiger partial charge in [-0.25, -0.2) is 0 Å². The van der Waals surface area contributed by atoms with Gasteiger partial charge in [0, 0.05) is 6.54 Å². The van der Waals surface area contributed by atoms with Crippen molar-refractivity contribution >= 4 is 5.91 Å². The number of hydrogen-bond acceptors (Lipinski definition) is 3. The molecular weight excluding hydrogens is 290 g/mol. The van der Waals surface area contributed by atoms with Gasteiger partial charge < -0.3 is 14.7 Å². The molecule has 1 unspecified atom stereocenters. The van der Waals surface area contributed by atoms with Gasteiger partial charge in [-0.05, 0) is 24.0 Å². The van der Waals surface area contributed by atoms with Gasteiger partial charge in [-0.2, -0.15) is 0 Å². The van der Waals surface area contributed by atoms with Crippen molar-refractivity contribution in [2.75, 3.05) is 0 Å². The third kappa shape index (κ3) is 3.97. The number of amides is 1. The Morgan fingerprint density at radius 1 is 0.957 bits per heavy atom. The molecule has 3 rings (SSSR count). The number of nitrogens with zero attached hydrogens (tertiary/aromatic N) is 1. The van der Waals surface area contributed by atoms with Crippen LogP contribution in [0.4, 0.5) is 0 Å². The van der Waals surface area contributed by atoms with Gasteiger partial charge in [-0.15, -0.1) is 0 Å². The monoisotopic (exact) mass is 311 g/mol. The number of benzene rings is 2. The summed E-state index contributed by atoms with van der Waals surface area (Å²) in [4.78, 5) is 14.1. The van der Waals surface area contributed by atoms with E-state index in [1.165, 1.54) is 4.90 Å². The van der Waals surface area contributed by atoms with Gasteiger partial charge in [0.2, 0.25) is 0 Å². The summed E-state index contributed by atoms with van der Waals surface area (Å²) >= 11 is 0. The summed E-state index contributed by atoms with van der Waals surface area (Å²) in [6.45, 7) is 0.818. The predicted octanol–water partition coefficient (Wildman–Crippen LogP) is 2.71. The lowest BCUT2D eigenvalue weighted by atomic mass is 10.0. The van der Waals surface area contributed by atoms with Crippen molar-refractivity contribution in [2.45, 2.75) is 38.3 Å². The number of likely N-dealkylation sites (tertiary alicyclic amines) is 1. The molecule has 0 aliphatic carbocycles. The van der Waals surface area contributed by atoms with Crippen molar-refractivity contribution in [3.05, 3.63) is 71.8 Å². The largest absolute Gasteiger partial charge is 0.374 e. The van der Waals surface area contributed by atoms with Gasteiger partial charge in [0.05, 0.1) is 6.61 Å². The van der Waals surface area contributed by atoms with E-state index in [-0.39, 0.29) is 5.91 Å². The summed E-state index contributed by atoms with van der Waals surface area (Å²) in [7, 11) is 0. The van der Waals surface area contributed by atoms with Gasteiger partial charge in [0.25, 0.3) is 5.91 Å². The Morgan fingerprint density at radius 2 is 1.57 bits per heavy atom. The van der Waals surface area contributed by atoms with Crippen LogP contribution in [0.3, 0.4) is 0 Å². The lowest BCUT2D eigenvalue weighted by molar-refractivity contribution is -0.166. The molecule has 2 aromatic rings. The van der Waals surface area contributed by atoms with E-state index in [1.54, 1.807) is 0 Å². The van der Waals surface area contributed by atoms with E-state index in [1.807, 2.05) is 60.7 Å². The molecule has 0 bridgehead atoms. The highest BCUT2D eigenvalue weighted by Gasteiger charge is 2.34. The van der Waals surface area contributed by atoms with Crippen LogP contribution in [-0.2, 0) is 22.7 Å². The number of carbonyl (C=O) groups excluding carboxylic acids is 1. The van der Waals surface area contributed by atoms with Gasteiger partial charge in [0.1, 0.15) is 12.3 Å². The van der Waals surface area contributed by atoms with E-state index in [2.05, 4.69) is 0 Å². The molecule has 0 aromatic heterocycles. The molecule has 23 heavy (non-hydrogen) atoms. The Hall–Kier alpha value is -2.17. The standard InChI is InChI=1S/C19H21NO3/c21-18-12-11-17(23-14-16-9-5-2-6-10-16)19(22)20(18)13-15-7-3-1-4-8-15/h1-10,17-18,21H,11-14H2/t17-,18?/m0/s1. The fourth-order valence-electron chi connectivity index (χ4n) is 2.80. The van der Waals surface area contributed by atoms with Crippen LogP contribution in [0.2, 0.25) is 0 Å². The van der Waals surface area contributed by atoms with E-state index in [0.29, 0.717) is 26.0 Å². The first-order valence-electron chi connectivity index (χ1n) is 7.92. The normalized spacial score (nSPS) is 21.4. The summed E-state index contributed by atoms with van der Waals surface area (Å²) in [5.41, 5.74) is 2.05. The van der Waals surface area contributed by atoms with Gasteiger partial charge in [0.15, 0.2) is 0 Å². The highest BCUT2D eigenvalue weighted by molar-refractivity contribution is 5.81. The number of rotatable bonds is 5. The molecule has 1 fully saturated rings. The maximum absolute atomic E-state index is 12.6. The van der Waals surface area contributed by atoms with Crippen LogP contribution in [0.5, 0.6) is 0 Å². The van der Waals surface area contributed by atoms with Gasteiger partial charge >= 0.3 is 0 Å². The fourth-order valence-corrected chi connectivity index (χ4v) is 2.80. The maximum Gasteiger partial charge on any atom is 0.254 e. The van der Waals surface area contributed by atoms with Gasteiger partial charge in [-0.1, -0.05) is 60.7 Å². The summed E-state index contributed by atoms with van der Waals surface area (Å²) < 4.78 is 5.80. The summed E-state index contributed by atoms with van der Waals surface area (Å²) in [6.07, 6.45) is -0.127. The molecule has 0 saturated carbocycles. The second kappa shape index (κ2) is 7.40. The minimum atomic E-state index is -0.737. The van der Waals surface area contributed by atoms with E-state index in [0.717, 1.165) is 11.1 Å². The average molecular weight is 311 g/mol. The first kappa shape index (κ1) is 15.7. The average Bonchev–Trinajstić information content (AvgIpc) is 2.60. The van der Waals surface area contributed by atoms with Crippen LogP contribution in [0.25, 0.3) is 0 Å². The minimum absolute atomic E-state index is 0.136. The molecule has 1 aliphatic heterocycles. The van der Waals surface area contributed by atoms with Crippen LogP contribution in [0, 0.1) is 0 Å². The van der Waals surface area contributed by atoms with E-state index in [4.69, 9.17) is 4.74 Å². The van der Waals surface area contributed by atoms with Crippen LogP contribution >= 0.6 is 0 Å². The SMILES string of the molecule is O=C1[C@@H](OCc2ccccc2)CCC(O)N1Cc1ccccc1. The van der Waals surface area contributed by atoms with E-state index < -0.39 is 12.3 Å². The van der Waals surface area contributed by atoms with Crippen molar-refractivity contribution in [1.82, 2.24) is 4.90 Å². The molecule has 1 heterocycles. The van der Waals surface area contributed by atoms with Gasteiger partial charge in [-0.3, -0.25) is 4.79 Å². The molecule has 0 spiro atoms. The Labute approximate surface area is 136 Å². The second-order valence-electron chi connectivity index (χ2n) is 5.79. The Balaban J connectivity index is 1.63. The molecule has 1 saturated heterocycles. The smallest absolute Gasteiger partial charge is 0.254 e. The van der Waals surface area contributed by atoms with Crippen LogP contribution < -0.4 is 0 Å². The molecule has 2 atom stereocenters. The maximum atomic E-state index is 12.6. The van der Waals surface area contributed by atoms with Crippen molar-refractivity contribution in [2.24, 2.45) is 0 Å². The molecule has 0 radical (unpaired) electrons. The van der Waals surface area contributed by atoms with Crippen LogP contribution in [0.1, 0.15) is 24.0 Å². The van der Waals surface area contributed by atoms with Crippen LogP contribution in [0.15, 0.2) is 60.7 Å². The number of carbonyl (C=O) groups is 1. The zero-order valence-electron chi connectivity index (χ0n) is 13.0. The lowest BCUT2D eigenvalue weighted by Gasteiger charge is -2.36. The molecule has 1 amide bonds. The highest BCUT2D eigenvalue weighted by atomic mass is 16.5. The Bertz CT molecular complexity index is 630. The second-order valence-corrected chi connectivity index (χ2v) is 5.79. The molecule has 4 nitrogen and oxygen atoms in total. The molecule has 120 valence electrons. The van der Waals surface area contributed by atoms with Crippen molar-refractivity contribution in [3.63, 3.8) is 0 Å². The number of piperidine rings is 1. The summed E-state index contributed by atoms with van der Waals surface area (Å²) in [6, 6.07) is 19.5. The Kier molecular flexibility index (Phi) is 5.05. The molecule has 4 heteroatoms. The fraction of sp³-hybridized carbons (Fsp3) is 0.316. The zero-order chi connectivity index (χ0) is 16.1. The first-order chi connectivity index (χ1) is 11.2. The number of hydrogen-bond donors (Lipinski definition) is 1. The minimum Gasteiger partial charge on any atom is -0.374 e. The highest BCUT2D eigenvalue weighted by Crippen LogP contribution is 2.22. The quantitative estimate of drug-likeness (QED) is 0.923. The summed E-state index contributed by atoms with van der Waals surface area (Å²) in [5, 5.41) is 10.2. The van der Waals surface area contributed by atoms with Crippen molar-refractivity contribution < 1.29 is 14.6 Å². The molecular formula is C19H21NO3.